The van der Waals surface area contributed by atoms with E-state index in [2.05, 4.69) is 0 Å². The molecule has 0 unspecified atom stereocenters. The molecule has 0 spiro atoms. The largest absolute Gasteiger partial charge is 0.487 e. The molecule has 3 aromatic rings. The molecule has 0 fully saturated rings. The average molecular weight is 553 g/mol. The van der Waals surface area contributed by atoms with Gasteiger partial charge < -0.3 is 14.9 Å². The third kappa shape index (κ3) is 6.50. The van der Waals surface area contributed by atoms with Crippen molar-refractivity contribution in [2.24, 2.45) is 5.92 Å². The van der Waals surface area contributed by atoms with Gasteiger partial charge in [-0.05, 0) is 61.9 Å². The summed E-state index contributed by atoms with van der Waals surface area (Å²) >= 11 is 0. The van der Waals surface area contributed by atoms with E-state index in [9.17, 15) is 23.4 Å². The number of carboxylic acids is 1. The zero-order chi connectivity index (χ0) is 28.3. The van der Waals surface area contributed by atoms with E-state index in [0.29, 0.717) is 13.1 Å². The highest BCUT2D eigenvalue weighted by Crippen LogP contribution is 2.36. The van der Waals surface area contributed by atoms with Gasteiger partial charge in [0.05, 0.1) is 12.2 Å². The minimum absolute atomic E-state index is 0.0763. The molecule has 1 heterocycles. The van der Waals surface area contributed by atoms with E-state index in [1.54, 1.807) is 43.3 Å². The molecule has 1 aliphatic rings. The predicted octanol–water partition coefficient (Wildman–Crippen LogP) is 4.26. The molecule has 2 N–H and O–H groups in total. The molecular weight excluding hydrogens is 516 g/mol. The van der Waals surface area contributed by atoms with Crippen LogP contribution in [0.15, 0.2) is 71.6 Å². The molecule has 0 bridgehead atoms. The van der Waals surface area contributed by atoms with Crippen LogP contribution in [0, 0.1) is 12.8 Å². The quantitative estimate of drug-likeness (QED) is 0.430. The number of likely N-dealkylation sites (N-methyl/N-ethyl adjacent to an activating group) is 1. The highest BCUT2D eigenvalue weighted by atomic mass is 32.2. The van der Waals surface area contributed by atoms with Gasteiger partial charge >= 0.3 is 5.97 Å². The van der Waals surface area contributed by atoms with Crippen LogP contribution in [0.5, 0.6) is 5.75 Å². The molecule has 0 aliphatic carbocycles. The molecule has 8 nitrogen and oxygen atoms in total. The fraction of sp³-hybridized carbons (Fsp3) is 0.367. The van der Waals surface area contributed by atoms with Crippen molar-refractivity contribution in [3.63, 3.8) is 0 Å². The molecule has 208 valence electrons. The molecule has 0 aromatic heterocycles. The maximum atomic E-state index is 13.7. The number of carboxylic acid groups (broad SMARTS) is 1. The van der Waals surface area contributed by atoms with Crippen molar-refractivity contribution in [3.8, 4) is 16.9 Å². The number of aromatic carboxylic acids is 1. The van der Waals surface area contributed by atoms with Crippen molar-refractivity contribution in [2.75, 3.05) is 26.7 Å². The first-order chi connectivity index (χ1) is 18.5. The molecule has 3 atom stereocenters. The number of benzene rings is 3. The van der Waals surface area contributed by atoms with Crippen molar-refractivity contribution in [1.29, 1.82) is 0 Å². The van der Waals surface area contributed by atoms with Crippen molar-refractivity contribution >= 4 is 16.0 Å². The van der Waals surface area contributed by atoms with Gasteiger partial charge in [-0.15, -0.1) is 0 Å². The van der Waals surface area contributed by atoms with Gasteiger partial charge in [0.1, 0.15) is 16.7 Å². The van der Waals surface area contributed by atoms with Crippen molar-refractivity contribution < 1.29 is 28.2 Å². The number of aliphatic hydroxyl groups excluding tert-OH is 1. The average Bonchev–Trinajstić information content (AvgIpc) is 2.90. The van der Waals surface area contributed by atoms with E-state index in [0.717, 1.165) is 22.3 Å². The fourth-order valence-corrected chi connectivity index (χ4v) is 6.68. The number of rotatable bonds is 8. The Kier molecular flexibility index (Phi) is 8.76. The lowest BCUT2D eigenvalue weighted by Gasteiger charge is -2.37. The van der Waals surface area contributed by atoms with Crippen LogP contribution in [0.3, 0.4) is 0 Å². The number of ether oxygens (including phenoxy) is 1. The highest BCUT2D eigenvalue weighted by molar-refractivity contribution is 7.89. The first-order valence-electron chi connectivity index (χ1n) is 13.0. The third-order valence-corrected chi connectivity index (χ3v) is 9.19. The van der Waals surface area contributed by atoms with Crippen LogP contribution in [-0.2, 0) is 16.6 Å². The Hall–Kier alpha value is -3.24. The fourth-order valence-electron chi connectivity index (χ4n) is 4.86. The summed E-state index contributed by atoms with van der Waals surface area (Å²) in [5.74, 6) is -0.893. The van der Waals surface area contributed by atoms with Gasteiger partial charge in [-0.1, -0.05) is 55.0 Å². The molecule has 0 saturated carbocycles. The van der Waals surface area contributed by atoms with Gasteiger partial charge in [-0.25, -0.2) is 13.2 Å². The number of aryl methyl sites for hydroxylation is 1. The van der Waals surface area contributed by atoms with E-state index in [1.165, 1.54) is 4.31 Å². The molecule has 1 aliphatic heterocycles. The number of hydrogen-bond acceptors (Lipinski definition) is 6. The van der Waals surface area contributed by atoms with Crippen LogP contribution in [0.25, 0.3) is 11.1 Å². The molecule has 3 aromatic carbocycles. The van der Waals surface area contributed by atoms with Gasteiger partial charge in [-0.3, -0.25) is 4.90 Å². The monoisotopic (exact) mass is 552 g/mol. The molecule has 4 rings (SSSR count). The van der Waals surface area contributed by atoms with Crippen LogP contribution in [0.4, 0.5) is 0 Å². The third-order valence-electron chi connectivity index (χ3n) is 7.17. The van der Waals surface area contributed by atoms with Gasteiger partial charge in [0, 0.05) is 31.6 Å². The second-order valence-electron chi connectivity index (χ2n) is 10.5. The minimum Gasteiger partial charge on any atom is -0.487 e. The normalized spacial score (nSPS) is 19.9. The molecule has 39 heavy (non-hydrogen) atoms. The van der Waals surface area contributed by atoms with Gasteiger partial charge in [0.15, 0.2) is 0 Å². The van der Waals surface area contributed by atoms with E-state index in [1.807, 2.05) is 56.1 Å². The Balaban J connectivity index is 1.69. The summed E-state index contributed by atoms with van der Waals surface area (Å²) in [6.45, 7) is 6.53. The summed E-state index contributed by atoms with van der Waals surface area (Å²) < 4.78 is 35.4. The number of carbonyl (C=O) groups is 1. The summed E-state index contributed by atoms with van der Waals surface area (Å²) in [5.41, 5.74) is 4.01. The second kappa shape index (κ2) is 11.9. The number of sulfonamides is 1. The number of aliphatic hydroxyl groups is 1. The molecule has 0 radical (unpaired) electrons. The topological polar surface area (TPSA) is 107 Å². The summed E-state index contributed by atoms with van der Waals surface area (Å²) in [6, 6.07) is 19.4. The number of nitrogens with zero attached hydrogens (tertiary/aromatic N) is 2. The summed E-state index contributed by atoms with van der Waals surface area (Å²) in [7, 11) is -2.00. The summed E-state index contributed by atoms with van der Waals surface area (Å²) in [5, 5.41) is 19.2. The van der Waals surface area contributed by atoms with E-state index in [4.69, 9.17) is 4.74 Å². The first kappa shape index (κ1) is 28.8. The van der Waals surface area contributed by atoms with Crippen molar-refractivity contribution in [3.05, 3.63) is 83.4 Å². The van der Waals surface area contributed by atoms with E-state index in [-0.39, 0.29) is 41.4 Å². The summed E-state index contributed by atoms with van der Waals surface area (Å²) in [4.78, 5) is 13.5. The van der Waals surface area contributed by atoms with E-state index >= 15 is 0 Å². The van der Waals surface area contributed by atoms with Crippen LogP contribution in [0.1, 0.15) is 35.3 Å². The predicted molar refractivity (Wildman–Crippen MR) is 150 cm³/mol. The van der Waals surface area contributed by atoms with Gasteiger partial charge in [0.2, 0.25) is 10.0 Å². The highest BCUT2D eigenvalue weighted by Gasteiger charge is 2.38. The van der Waals surface area contributed by atoms with Crippen LogP contribution in [-0.4, -0.2) is 72.7 Å². The SMILES string of the molecule is Cc1ccc(-c2ccc3c(c2)O[C@H](CN(C)Cc2cccc(C(=O)O)c2)[C@H](C)CN([C@H](C)CO)S3(=O)=O)cc1. The standard InChI is InChI=1S/C30H36N2O6S/c1-20-8-10-24(11-9-20)25-12-13-29-27(15-25)38-28(21(2)16-32(22(3)19-33)39(29,36)37)18-31(4)17-23-6-5-7-26(14-23)30(34)35/h5-15,21-22,28,33H,16-19H2,1-4H3,(H,34,35)/t21-,22-,28-/m1/s1. The zero-order valence-corrected chi connectivity index (χ0v) is 23.6. The Morgan fingerprint density at radius 1 is 1.10 bits per heavy atom. The van der Waals surface area contributed by atoms with Gasteiger partial charge in [0.25, 0.3) is 0 Å². The first-order valence-corrected chi connectivity index (χ1v) is 14.4. The lowest BCUT2D eigenvalue weighted by Crippen LogP contribution is -2.49. The second-order valence-corrected chi connectivity index (χ2v) is 12.3. The number of fused-ring (bicyclic) bond motifs is 1. The lowest BCUT2D eigenvalue weighted by atomic mass is 10.0. The Labute approximate surface area is 230 Å². The Bertz CT molecular complexity index is 1420. The van der Waals surface area contributed by atoms with Crippen LogP contribution >= 0.6 is 0 Å². The maximum Gasteiger partial charge on any atom is 0.335 e. The summed E-state index contributed by atoms with van der Waals surface area (Å²) in [6.07, 6.45) is -0.367. The van der Waals surface area contributed by atoms with Crippen molar-refractivity contribution in [2.45, 2.75) is 44.4 Å². The minimum atomic E-state index is -3.93. The van der Waals surface area contributed by atoms with Crippen LogP contribution < -0.4 is 4.74 Å². The van der Waals surface area contributed by atoms with Gasteiger partial charge in [-0.2, -0.15) is 4.31 Å². The molecule has 0 amide bonds. The molecule has 9 heteroatoms. The maximum absolute atomic E-state index is 13.7. The lowest BCUT2D eigenvalue weighted by molar-refractivity contribution is 0.0694. The van der Waals surface area contributed by atoms with Crippen molar-refractivity contribution in [1.82, 2.24) is 9.21 Å². The van der Waals surface area contributed by atoms with Crippen LogP contribution in [0.2, 0.25) is 0 Å². The molecule has 0 saturated heterocycles. The smallest absolute Gasteiger partial charge is 0.335 e. The Morgan fingerprint density at radius 2 is 1.79 bits per heavy atom. The Morgan fingerprint density at radius 3 is 2.46 bits per heavy atom. The zero-order valence-electron chi connectivity index (χ0n) is 22.7. The number of hydrogen-bond donors (Lipinski definition) is 2. The van der Waals surface area contributed by atoms with E-state index < -0.39 is 22.0 Å². The molecular formula is C30H36N2O6S.